The zero-order chi connectivity index (χ0) is 15.8. The first-order valence-corrected chi connectivity index (χ1v) is 8.01. The lowest BCUT2D eigenvalue weighted by Crippen LogP contribution is -2.50. The number of carboxylic acids is 1. The Hall–Kier alpha value is -1.62. The Kier molecular flexibility index (Phi) is 3.97. The van der Waals surface area contributed by atoms with E-state index in [-0.39, 0.29) is 28.4 Å². The summed E-state index contributed by atoms with van der Waals surface area (Å²) >= 11 is 5.93. The third-order valence-electron chi connectivity index (χ3n) is 3.66. The number of benzene rings is 1. The monoisotopic (exact) mass is 328 g/mol. The number of carbonyl (C=O) groups is 1. The summed E-state index contributed by atoms with van der Waals surface area (Å²) in [6.07, 6.45) is 0.689. The molecule has 1 aliphatic heterocycles. The summed E-state index contributed by atoms with van der Waals surface area (Å²) in [7, 11) is -4.09. The Morgan fingerprint density at radius 2 is 2.19 bits per heavy atom. The summed E-state index contributed by atoms with van der Waals surface area (Å²) in [5.74, 6) is -1.20. The van der Waals surface area contributed by atoms with E-state index in [4.69, 9.17) is 16.9 Å². The molecule has 6 nitrogen and oxygen atoms in total. The van der Waals surface area contributed by atoms with Crippen molar-refractivity contribution in [1.29, 1.82) is 5.26 Å². The fraction of sp³-hybridized carbons (Fsp3) is 0.385. The molecule has 1 N–H and O–H groups in total. The summed E-state index contributed by atoms with van der Waals surface area (Å²) in [5, 5.41) is 18.2. The zero-order valence-corrected chi connectivity index (χ0v) is 12.8. The average molecular weight is 329 g/mol. The fourth-order valence-electron chi connectivity index (χ4n) is 2.43. The molecule has 112 valence electrons. The smallest absolute Gasteiger partial charge is 0.324 e. The van der Waals surface area contributed by atoms with E-state index in [1.807, 2.05) is 6.07 Å². The third kappa shape index (κ3) is 2.50. The first-order chi connectivity index (χ1) is 9.73. The maximum atomic E-state index is 12.7. The van der Waals surface area contributed by atoms with Crippen LogP contribution in [0, 0.1) is 11.3 Å². The first kappa shape index (κ1) is 15.8. The third-order valence-corrected chi connectivity index (χ3v) is 6.17. The standard InChI is InChI=1S/C13H13ClN2O4S/c1-13(12(17)18)5-2-6-16(13)21(19,20)11-7-9(8-15)3-4-10(11)14/h3-4,7H,2,5-6H2,1H3,(H,17,18). The minimum absolute atomic E-state index is 0.0337. The van der Waals surface area contributed by atoms with Gasteiger partial charge in [0.15, 0.2) is 0 Å². The van der Waals surface area contributed by atoms with Gasteiger partial charge >= 0.3 is 5.97 Å². The van der Waals surface area contributed by atoms with Crippen molar-refractivity contribution >= 4 is 27.6 Å². The van der Waals surface area contributed by atoms with Gasteiger partial charge in [-0.25, -0.2) is 8.42 Å². The van der Waals surface area contributed by atoms with E-state index >= 15 is 0 Å². The number of hydrogen-bond donors (Lipinski definition) is 1. The average Bonchev–Trinajstić information content (AvgIpc) is 2.83. The largest absolute Gasteiger partial charge is 0.480 e. The van der Waals surface area contributed by atoms with Gasteiger partial charge in [-0.1, -0.05) is 11.6 Å². The number of sulfonamides is 1. The number of aliphatic carboxylic acids is 1. The molecule has 8 heteroatoms. The van der Waals surface area contributed by atoms with E-state index in [9.17, 15) is 18.3 Å². The molecule has 21 heavy (non-hydrogen) atoms. The van der Waals surface area contributed by atoms with Crippen LogP contribution < -0.4 is 0 Å². The highest BCUT2D eigenvalue weighted by atomic mass is 35.5. The van der Waals surface area contributed by atoms with E-state index in [0.717, 1.165) is 10.4 Å². The van der Waals surface area contributed by atoms with Crippen LogP contribution in [0.2, 0.25) is 5.02 Å². The van der Waals surface area contributed by atoms with Crippen LogP contribution in [0.5, 0.6) is 0 Å². The molecule has 1 saturated heterocycles. The van der Waals surface area contributed by atoms with Gasteiger partial charge < -0.3 is 5.11 Å². The van der Waals surface area contributed by atoms with E-state index in [1.54, 1.807) is 0 Å². The number of nitriles is 1. The predicted molar refractivity (Wildman–Crippen MR) is 75.3 cm³/mol. The highest BCUT2D eigenvalue weighted by molar-refractivity contribution is 7.89. The first-order valence-electron chi connectivity index (χ1n) is 6.19. The van der Waals surface area contributed by atoms with Gasteiger partial charge in [0.1, 0.15) is 10.4 Å². The van der Waals surface area contributed by atoms with Gasteiger partial charge in [0.2, 0.25) is 10.0 Å². The molecular formula is C13H13ClN2O4S. The zero-order valence-electron chi connectivity index (χ0n) is 11.2. The molecule has 1 heterocycles. The van der Waals surface area contributed by atoms with Crippen LogP contribution >= 0.6 is 11.6 Å². The maximum absolute atomic E-state index is 12.7. The minimum atomic E-state index is -4.09. The quantitative estimate of drug-likeness (QED) is 0.912. The Morgan fingerprint density at radius 1 is 1.52 bits per heavy atom. The molecule has 1 fully saturated rings. The topological polar surface area (TPSA) is 98.5 Å². The van der Waals surface area contributed by atoms with Crippen LogP contribution in [0.1, 0.15) is 25.3 Å². The molecule has 1 aliphatic rings. The lowest BCUT2D eigenvalue weighted by Gasteiger charge is -2.30. The number of rotatable bonds is 3. The molecule has 0 aromatic heterocycles. The Labute approximate surface area is 127 Å². The Morgan fingerprint density at radius 3 is 2.76 bits per heavy atom. The van der Waals surface area contributed by atoms with Crippen LogP contribution in [-0.4, -0.2) is 35.9 Å². The van der Waals surface area contributed by atoms with Crippen LogP contribution in [0.15, 0.2) is 23.1 Å². The van der Waals surface area contributed by atoms with Crippen molar-refractivity contribution in [2.75, 3.05) is 6.54 Å². The lowest BCUT2D eigenvalue weighted by molar-refractivity contribution is -0.146. The van der Waals surface area contributed by atoms with Crippen LogP contribution in [0.4, 0.5) is 0 Å². The molecule has 1 aromatic carbocycles. The van der Waals surface area contributed by atoms with Crippen molar-refractivity contribution in [3.8, 4) is 6.07 Å². The van der Waals surface area contributed by atoms with Gasteiger partial charge in [-0.05, 0) is 38.0 Å². The highest BCUT2D eigenvalue weighted by Crippen LogP contribution is 2.36. The minimum Gasteiger partial charge on any atom is -0.480 e. The van der Waals surface area contributed by atoms with Crippen LogP contribution in [0.25, 0.3) is 0 Å². The van der Waals surface area contributed by atoms with Crippen molar-refractivity contribution in [3.05, 3.63) is 28.8 Å². The fourth-order valence-corrected chi connectivity index (χ4v) is 4.73. The number of carboxylic acid groups (broad SMARTS) is 1. The molecule has 0 bridgehead atoms. The van der Waals surface area contributed by atoms with E-state index < -0.39 is 21.5 Å². The molecule has 0 saturated carbocycles. The van der Waals surface area contributed by atoms with Gasteiger partial charge in [0.05, 0.1) is 16.7 Å². The summed E-state index contributed by atoms with van der Waals surface area (Å²) in [6, 6.07) is 5.73. The van der Waals surface area contributed by atoms with Crippen molar-refractivity contribution in [1.82, 2.24) is 4.31 Å². The Balaban J connectivity index is 2.58. The normalized spacial score (nSPS) is 22.9. The second-order valence-corrected chi connectivity index (χ2v) is 7.25. The summed E-state index contributed by atoms with van der Waals surface area (Å²) in [5.41, 5.74) is -1.35. The van der Waals surface area contributed by atoms with Gasteiger partial charge in [0, 0.05) is 6.54 Å². The highest BCUT2D eigenvalue weighted by Gasteiger charge is 2.50. The molecule has 1 unspecified atom stereocenters. The van der Waals surface area contributed by atoms with Gasteiger partial charge in [-0.15, -0.1) is 0 Å². The van der Waals surface area contributed by atoms with Crippen molar-refractivity contribution in [3.63, 3.8) is 0 Å². The van der Waals surface area contributed by atoms with Gasteiger partial charge in [-0.3, -0.25) is 4.79 Å². The lowest BCUT2D eigenvalue weighted by atomic mass is 10.0. The molecule has 0 radical (unpaired) electrons. The van der Waals surface area contributed by atoms with E-state index in [0.29, 0.717) is 6.42 Å². The summed E-state index contributed by atoms with van der Waals surface area (Å²) in [4.78, 5) is 11.2. The van der Waals surface area contributed by atoms with Crippen molar-refractivity contribution in [2.45, 2.75) is 30.2 Å². The molecule has 0 spiro atoms. The molecule has 2 rings (SSSR count). The van der Waals surface area contributed by atoms with Crippen molar-refractivity contribution < 1.29 is 18.3 Å². The maximum Gasteiger partial charge on any atom is 0.324 e. The van der Waals surface area contributed by atoms with Crippen LogP contribution in [-0.2, 0) is 14.8 Å². The van der Waals surface area contributed by atoms with Crippen LogP contribution in [0.3, 0.4) is 0 Å². The number of nitrogens with zero attached hydrogens (tertiary/aromatic N) is 2. The van der Waals surface area contributed by atoms with Gasteiger partial charge in [-0.2, -0.15) is 9.57 Å². The molecule has 1 atom stereocenters. The summed E-state index contributed by atoms with van der Waals surface area (Å²) in [6.45, 7) is 1.49. The summed E-state index contributed by atoms with van der Waals surface area (Å²) < 4.78 is 26.4. The van der Waals surface area contributed by atoms with E-state index in [1.165, 1.54) is 19.1 Å². The van der Waals surface area contributed by atoms with Gasteiger partial charge in [0.25, 0.3) is 0 Å². The molecule has 1 aromatic rings. The molecular weight excluding hydrogens is 316 g/mol. The second-order valence-electron chi connectivity index (χ2n) is 5.02. The SMILES string of the molecule is CC1(C(=O)O)CCCN1S(=O)(=O)c1cc(C#N)ccc1Cl. The van der Waals surface area contributed by atoms with E-state index in [2.05, 4.69) is 0 Å². The number of hydrogen-bond acceptors (Lipinski definition) is 4. The molecule has 0 amide bonds. The molecule has 0 aliphatic carbocycles. The van der Waals surface area contributed by atoms with Crippen molar-refractivity contribution in [2.24, 2.45) is 0 Å². The number of halogens is 1. The second kappa shape index (κ2) is 5.30. The Bertz CT molecular complexity index is 741. The predicted octanol–water partition coefficient (Wildman–Crippen LogP) is 1.84.